The Morgan fingerprint density at radius 1 is 1.17 bits per heavy atom. The first-order valence-corrected chi connectivity index (χ1v) is 11.0. The molecule has 0 spiro atoms. The van der Waals surface area contributed by atoms with Crippen LogP contribution in [0, 0.1) is 11.7 Å². The molecule has 0 saturated heterocycles. The number of methoxy groups -OCH3 is 1. The zero-order valence-electron chi connectivity index (χ0n) is 18.5. The second-order valence-electron chi connectivity index (χ2n) is 7.76. The Hall–Kier alpha value is -3.93. The van der Waals surface area contributed by atoms with Crippen LogP contribution in [0.15, 0.2) is 34.7 Å². The van der Waals surface area contributed by atoms with Crippen molar-refractivity contribution in [3.63, 3.8) is 0 Å². The van der Waals surface area contributed by atoms with Crippen LogP contribution in [-0.2, 0) is 4.79 Å². The Morgan fingerprint density at radius 3 is 2.63 bits per heavy atom. The second-order valence-corrected chi connectivity index (χ2v) is 8.16. The van der Waals surface area contributed by atoms with Crippen LogP contribution in [0.3, 0.4) is 0 Å². The Kier molecular flexibility index (Phi) is 7.30. The SMILES string of the molecule is COc1nc(O[C@H]2CC[C@H](C(=O)O)CC2)ccc1NC(=O)c1nnc(Nc2ccc(F)c(Cl)c2)o1. The molecule has 2 aromatic heterocycles. The molecular formula is C22H21ClFN5O6. The second kappa shape index (κ2) is 10.6. The third-order valence-corrected chi connectivity index (χ3v) is 5.67. The zero-order valence-corrected chi connectivity index (χ0v) is 19.2. The quantitative estimate of drug-likeness (QED) is 0.404. The average molecular weight is 506 g/mol. The van der Waals surface area contributed by atoms with E-state index in [1.165, 1.54) is 25.3 Å². The summed E-state index contributed by atoms with van der Waals surface area (Å²) in [6.07, 6.45) is 2.15. The Balaban J connectivity index is 1.37. The molecule has 0 aliphatic heterocycles. The molecular weight excluding hydrogens is 485 g/mol. The molecule has 1 aliphatic carbocycles. The third-order valence-electron chi connectivity index (χ3n) is 5.38. The maximum absolute atomic E-state index is 13.3. The number of rotatable bonds is 8. The summed E-state index contributed by atoms with van der Waals surface area (Å²) < 4.78 is 29.7. The number of pyridine rings is 1. The lowest BCUT2D eigenvalue weighted by molar-refractivity contribution is -0.143. The summed E-state index contributed by atoms with van der Waals surface area (Å²) in [6, 6.07) is 6.95. The van der Waals surface area contributed by atoms with Crippen molar-refractivity contribution in [2.24, 2.45) is 5.92 Å². The lowest BCUT2D eigenvalue weighted by atomic mass is 9.87. The van der Waals surface area contributed by atoms with Gasteiger partial charge in [-0.15, -0.1) is 5.10 Å². The molecule has 13 heteroatoms. The number of carbonyl (C=O) groups is 2. The molecule has 11 nitrogen and oxygen atoms in total. The van der Waals surface area contributed by atoms with E-state index in [1.54, 1.807) is 12.1 Å². The number of anilines is 3. The first-order chi connectivity index (χ1) is 16.8. The van der Waals surface area contributed by atoms with Crippen LogP contribution in [0.4, 0.5) is 21.8 Å². The highest BCUT2D eigenvalue weighted by molar-refractivity contribution is 6.31. The van der Waals surface area contributed by atoms with Gasteiger partial charge < -0.3 is 29.6 Å². The topological polar surface area (TPSA) is 149 Å². The van der Waals surface area contributed by atoms with Gasteiger partial charge in [0.15, 0.2) is 0 Å². The number of amides is 1. The first kappa shape index (κ1) is 24.2. The van der Waals surface area contributed by atoms with Gasteiger partial charge in [0.1, 0.15) is 17.6 Å². The molecule has 0 unspecified atom stereocenters. The molecule has 3 aromatic rings. The number of carbonyl (C=O) groups excluding carboxylic acids is 1. The van der Waals surface area contributed by atoms with Crippen molar-refractivity contribution in [3.8, 4) is 11.8 Å². The fourth-order valence-corrected chi connectivity index (χ4v) is 3.76. The minimum atomic E-state index is -0.785. The van der Waals surface area contributed by atoms with E-state index in [9.17, 15) is 14.0 Å². The van der Waals surface area contributed by atoms with Crippen molar-refractivity contribution in [3.05, 3.63) is 47.1 Å². The van der Waals surface area contributed by atoms with Crippen LogP contribution in [0.1, 0.15) is 36.4 Å². The van der Waals surface area contributed by atoms with E-state index in [-0.39, 0.29) is 40.5 Å². The van der Waals surface area contributed by atoms with Gasteiger partial charge in [-0.05, 0) is 49.9 Å². The average Bonchev–Trinajstić information content (AvgIpc) is 3.31. The standard InChI is InChI=1S/C22H21ClFN5O6/c1-33-19-16(8-9-17(27-19)34-13-5-2-11(3-6-13)21(31)32)26-18(30)20-28-29-22(35-20)25-12-4-7-15(24)14(23)10-12/h4,7-11,13H,2-3,5-6H2,1H3,(H,25,29)(H,26,30)(H,31,32)/t11-,13-. The van der Waals surface area contributed by atoms with E-state index in [2.05, 4.69) is 25.8 Å². The predicted octanol–water partition coefficient (Wildman–Crippen LogP) is 4.28. The molecule has 2 heterocycles. The van der Waals surface area contributed by atoms with Crippen molar-refractivity contribution in [2.75, 3.05) is 17.7 Å². The van der Waals surface area contributed by atoms with E-state index >= 15 is 0 Å². The van der Waals surface area contributed by atoms with Crippen LogP contribution in [0.5, 0.6) is 11.8 Å². The van der Waals surface area contributed by atoms with Gasteiger partial charge in [-0.1, -0.05) is 16.7 Å². The maximum atomic E-state index is 13.3. The first-order valence-electron chi connectivity index (χ1n) is 10.6. The summed E-state index contributed by atoms with van der Waals surface area (Å²) in [4.78, 5) is 27.9. The van der Waals surface area contributed by atoms with Crippen molar-refractivity contribution in [1.29, 1.82) is 0 Å². The number of aromatic nitrogens is 3. The van der Waals surface area contributed by atoms with Crippen LogP contribution in [0.25, 0.3) is 0 Å². The van der Waals surface area contributed by atoms with Gasteiger partial charge in [0.25, 0.3) is 0 Å². The number of aliphatic carboxylic acids is 1. The molecule has 3 N–H and O–H groups in total. The molecule has 4 rings (SSSR count). The van der Waals surface area contributed by atoms with Gasteiger partial charge in [-0.25, -0.2) is 4.39 Å². The van der Waals surface area contributed by atoms with Gasteiger partial charge in [0, 0.05) is 11.8 Å². The summed E-state index contributed by atoms with van der Waals surface area (Å²) >= 11 is 5.74. The highest BCUT2D eigenvalue weighted by Gasteiger charge is 2.27. The number of nitrogens with one attached hydrogen (secondary N) is 2. The minimum Gasteiger partial charge on any atom is -0.481 e. The predicted molar refractivity (Wildman–Crippen MR) is 122 cm³/mol. The molecule has 1 aliphatic rings. The number of carboxylic acids is 1. The molecule has 1 fully saturated rings. The number of benzene rings is 1. The molecule has 1 saturated carbocycles. The van der Waals surface area contributed by atoms with Gasteiger partial charge in [-0.2, -0.15) is 4.98 Å². The Labute approximate surface area is 203 Å². The van der Waals surface area contributed by atoms with Crippen LogP contribution in [-0.4, -0.2) is 45.4 Å². The van der Waals surface area contributed by atoms with Gasteiger partial charge in [0.2, 0.25) is 11.8 Å². The third kappa shape index (κ3) is 5.96. The van der Waals surface area contributed by atoms with Crippen LogP contribution < -0.4 is 20.1 Å². The minimum absolute atomic E-state index is 0.0903. The number of carboxylic acid groups (broad SMARTS) is 1. The van der Waals surface area contributed by atoms with E-state index < -0.39 is 17.7 Å². The van der Waals surface area contributed by atoms with E-state index in [4.69, 9.17) is 30.6 Å². The Morgan fingerprint density at radius 2 is 1.94 bits per heavy atom. The monoisotopic (exact) mass is 505 g/mol. The van der Waals surface area contributed by atoms with Gasteiger partial charge in [-0.3, -0.25) is 9.59 Å². The molecule has 0 bridgehead atoms. The normalized spacial score (nSPS) is 17.5. The fourth-order valence-electron chi connectivity index (χ4n) is 3.58. The van der Waals surface area contributed by atoms with Crippen LogP contribution in [0.2, 0.25) is 5.02 Å². The van der Waals surface area contributed by atoms with E-state index in [0.717, 1.165) is 0 Å². The highest BCUT2D eigenvalue weighted by atomic mass is 35.5. The van der Waals surface area contributed by atoms with E-state index in [1.807, 2.05) is 0 Å². The number of hydrogen-bond donors (Lipinski definition) is 3. The van der Waals surface area contributed by atoms with Crippen molar-refractivity contribution in [2.45, 2.75) is 31.8 Å². The molecule has 0 atom stereocenters. The van der Waals surface area contributed by atoms with Crippen LogP contribution >= 0.6 is 11.6 Å². The fraction of sp³-hybridized carbons (Fsp3) is 0.318. The number of halogens is 2. The lowest BCUT2D eigenvalue weighted by Crippen LogP contribution is -2.28. The molecule has 184 valence electrons. The van der Waals surface area contributed by atoms with Gasteiger partial charge >= 0.3 is 23.8 Å². The summed E-state index contributed by atoms with van der Waals surface area (Å²) in [5.41, 5.74) is 0.641. The summed E-state index contributed by atoms with van der Waals surface area (Å²) in [6.45, 7) is 0. The number of hydrogen-bond acceptors (Lipinski definition) is 9. The largest absolute Gasteiger partial charge is 0.481 e. The summed E-state index contributed by atoms with van der Waals surface area (Å²) in [5.74, 6) is -2.35. The van der Waals surface area contributed by atoms with Crippen molar-refractivity contribution < 1.29 is 33.0 Å². The molecule has 1 amide bonds. The molecule has 35 heavy (non-hydrogen) atoms. The maximum Gasteiger partial charge on any atom is 0.320 e. The smallest absolute Gasteiger partial charge is 0.320 e. The van der Waals surface area contributed by atoms with Crippen molar-refractivity contribution >= 4 is 40.9 Å². The van der Waals surface area contributed by atoms with Gasteiger partial charge in [0.05, 0.1) is 18.1 Å². The summed E-state index contributed by atoms with van der Waals surface area (Å²) in [5, 5.41) is 21.8. The molecule has 0 radical (unpaired) electrons. The summed E-state index contributed by atoms with van der Waals surface area (Å²) in [7, 11) is 1.39. The lowest BCUT2D eigenvalue weighted by Gasteiger charge is -2.26. The number of ether oxygens (including phenoxy) is 2. The van der Waals surface area contributed by atoms with Crippen molar-refractivity contribution in [1.82, 2.24) is 15.2 Å². The molecule has 1 aromatic carbocycles. The number of nitrogens with zero attached hydrogens (tertiary/aromatic N) is 3. The van der Waals surface area contributed by atoms with E-state index in [0.29, 0.717) is 37.3 Å². The highest BCUT2D eigenvalue weighted by Crippen LogP contribution is 2.30. The zero-order chi connectivity index (χ0) is 24.9. The Bertz CT molecular complexity index is 1230.